The largest absolute Gasteiger partial charge is 0.463 e. The van der Waals surface area contributed by atoms with Gasteiger partial charge in [-0.3, -0.25) is 10.6 Å². The first-order valence-electron chi connectivity index (χ1n) is 6.03. The van der Waals surface area contributed by atoms with Crippen LogP contribution in [0.5, 0.6) is 0 Å². The molecule has 0 saturated heterocycles. The second-order valence-corrected chi connectivity index (χ2v) is 4.74. The molecule has 0 aliphatic carbocycles. The van der Waals surface area contributed by atoms with Gasteiger partial charge in [0.1, 0.15) is 12.6 Å². The Morgan fingerprint density at radius 3 is 2.53 bits per heavy atom. The van der Waals surface area contributed by atoms with Gasteiger partial charge in [-0.15, -0.1) is 23.2 Å². The lowest BCUT2D eigenvalue weighted by Crippen LogP contribution is -2.49. The predicted octanol–water partition coefficient (Wildman–Crippen LogP) is 1.79. The molecular formula is C13H18Cl2N2O2. The van der Waals surface area contributed by atoms with Gasteiger partial charge in [0.05, 0.1) is 5.88 Å². The maximum absolute atomic E-state index is 12.0. The summed E-state index contributed by atoms with van der Waals surface area (Å²) in [6.07, 6.45) is 0.481. The summed E-state index contributed by atoms with van der Waals surface area (Å²) in [5.74, 6) is 6.11. The Labute approximate surface area is 123 Å². The van der Waals surface area contributed by atoms with E-state index < -0.39 is 6.04 Å². The molecule has 0 radical (unpaired) electrons. The molecule has 0 amide bonds. The molecule has 0 aliphatic heterocycles. The molecule has 106 valence electrons. The average Bonchev–Trinajstić information content (AvgIpc) is 2.43. The highest BCUT2D eigenvalue weighted by Crippen LogP contribution is 2.09. The molecule has 2 N–H and O–H groups in total. The summed E-state index contributed by atoms with van der Waals surface area (Å²) in [4.78, 5) is 12.0. The van der Waals surface area contributed by atoms with E-state index in [1.807, 2.05) is 30.3 Å². The molecular weight excluding hydrogens is 287 g/mol. The smallest absolute Gasteiger partial charge is 0.325 e. The summed E-state index contributed by atoms with van der Waals surface area (Å²) in [7, 11) is 0. The summed E-state index contributed by atoms with van der Waals surface area (Å²) in [5, 5.41) is 1.41. The van der Waals surface area contributed by atoms with Crippen LogP contribution in [0, 0.1) is 0 Å². The quantitative estimate of drug-likeness (QED) is 0.344. The highest BCUT2D eigenvalue weighted by atomic mass is 35.5. The number of carbonyl (C=O) groups excluding carboxylic acids is 1. The molecule has 0 aliphatic rings. The highest BCUT2D eigenvalue weighted by molar-refractivity contribution is 6.18. The number of carbonyl (C=O) groups is 1. The predicted molar refractivity (Wildman–Crippen MR) is 77.2 cm³/mol. The molecule has 0 aromatic heterocycles. The molecule has 1 aromatic carbocycles. The van der Waals surface area contributed by atoms with Gasteiger partial charge >= 0.3 is 5.97 Å². The van der Waals surface area contributed by atoms with Gasteiger partial charge in [-0.1, -0.05) is 30.3 Å². The number of benzene rings is 1. The second-order valence-electron chi connectivity index (χ2n) is 3.99. The number of hydrogen-bond donors (Lipinski definition) is 1. The Kier molecular flexibility index (Phi) is 7.82. The number of hydrogen-bond acceptors (Lipinski definition) is 4. The van der Waals surface area contributed by atoms with Gasteiger partial charge in [-0.05, 0) is 12.0 Å². The molecule has 0 bridgehead atoms. The average molecular weight is 305 g/mol. The lowest BCUT2D eigenvalue weighted by Gasteiger charge is -2.25. The van der Waals surface area contributed by atoms with Crippen LogP contribution < -0.4 is 5.84 Å². The van der Waals surface area contributed by atoms with Gasteiger partial charge in [-0.2, -0.15) is 0 Å². The van der Waals surface area contributed by atoms with Gasteiger partial charge in [0.15, 0.2) is 0 Å². The minimum atomic E-state index is -0.552. The number of halogens is 2. The molecule has 0 saturated carbocycles. The number of nitrogens with two attached hydrogens (primary N) is 1. The van der Waals surface area contributed by atoms with E-state index in [1.165, 1.54) is 5.01 Å². The fraction of sp³-hybridized carbons (Fsp3) is 0.462. The van der Waals surface area contributed by atoms with Gasteiger partial charge < -0.3 is 4.74 Å². The van der Waals surface area contributed by atoms with Crippen LogP contribution in [0.3, 0.4) is 0 Å². The van der Waals surface area contributed by atoms with Gasteiger partial charge in [0.25, 0.3) is 0 Å². The van der Waals surface area contributed by atoms with Crippen LogP contribution in [0.4, 0.5) is 0 Å². The van der Waals surface area contributed by atoms with E-state index in [0.29, 0.717) is 18.8 Å². The van der Waals surface area contributed by atoms with Crippen molar-refractivity contribution in [1.29, 1.82) is 0 Å². The van der Waals surface area contributed by atoms with Crippen molar-refractivity contribution in [3.8, 4) is 0 Å². The molecule has 19 heavy (non-hydrogen) atoms. The Morgan fingerprint density at radius 2 is 1.95 bits per heavy atom. The van der Waals surface area contributed by atoms with Crippen molar-refractivity contribution in [2.45, 2.75) is 12.5 Å². The Hall–Kier alpha value is -0.810. The van der Waals surface area contributed by atoms with Crippen LogP contribution in [-0.4, -0.2) is 41.9 Å². The third kappa shape index (κ3) is 5.78. The number of ether oxygens (including phenoxy) is 1. The molecule has 0 heterocycles. The van der Waals surface area contributed by atoms with Crippen molar-refractivity contribution < 1.29 is 9.53 Å². The van der Waals surface area contributed by atoms with E-state index >= 15 is 0 Å². The monoisotopic (exact) mass is 304 g/mol. The fourth-order valence-corrected chi connectivity index (χ4v) is 1.93. The first-order valence-corrected chi connectivity index (χ1v) is 7.09. The van der Waals surface area contributed by atoms with Crippen LogP contribution in [0.15, 0.2) is 30.3 Å². The summed E-state index contributed by atoms with van der Waals surface area (Å²) < 4.78 is 5.06. The molecule has 1 rings (SSSR count). The van der Waals surface area contributed by atoms with Crippen molar-refractivity contribution in [2.75, 3.05) is 24.9 Å². The minimum Gasteiger partial charge on any atom is -0.463 e. The van der Waals surface area contributed by atoms with Crippen molar-refractivity contribution in [3.05, 3.63) is 35.9 Å². The lowest BCUT2D eigenvalue weighted by atomic mass is 10.1. The van der Waals surface area contributed by atoms with Crippen LogP contribution >= 0.6 is 23.2 Å². The van der Waals surface area contributed by atoms with E-state index in [0.717, 1.165) is 5.56 Å². The standard InChI is InChI=1S/C13H18Cl2N2O2/c14-6-8-17(16)12(13(18)19-9-7-15)10-11-4-2-1-3-5-11/h1-5,12H,6-10,16H2/t12-/m0/s1. The SMILES string of the molecule is NN(CCCl)[C@@H](Cc1ccccc1)C(=O)OCCCl. The summed E-state index contributed by atoms with van der Waals surface area (Å²) in [5.41, 5.74) is 1.01. The van der Waals surface area contributed by atoms with Crippen LogP contribution in [0.25, 0.3) is 0 Å². The zero-order chi connectivity index (χ0) is 14.1. The summed E-state index contributed by atoms with van der Waals surface area (Å²) in [6, 6.07) is 9.08. The third-order valence-corrected chi connectivity index (χ3v) is 2.93. The molecule has 0 spiro atoms. The van der Waals surface area contributed by atoms with E-state index in [1.54, 1.807) is 0 Å². The summed E-state index contributed by atoms with van der Waals surface area (Å²) >= 11 is 11.2. The Morgan fingerprint density at radius 1 is 1.26 bits per heavy atom. The van der Waals surface area contributed by atoms with Crippen molar-refractivity contribution in [2.24, 2.45) is 5.84 Å². The van der Waals surface area contributed by atoms with E-state index in [2.05, 4.69) is 0 Å². The first kappa shape index (κ1) is 16.2. The topological polar surface area (TPSA) is 55.6 Å². The zero-order valence-electron chi connectivity index (χ0n) is 10.6. The number of rotatable bonds is 8. The zero-order valence-corrected chi connectivity index (χ0v) is 12.1. The fourth-order valence-electron chi connectivity index (χ4n) is 1.66. The maximum atomic E-state index is 12.0. The lowest BCUT2D eigenvalue weighted by molar-refractivity contribution is -0.149. The molecule has 0 unspecified atom stereocenters. The summed E-state index contributed by atoms with van der Waals surface area (Å²) in [6.45, 7) is 0.593. The number of alkyl halides is 2. The molecule has 6 heteroatoms. The molecule has 1 atom stereocenters. The van der Waals surface area contributed by atoms with Crippen LogP contribution in [0.2, 0.25) is 0 Å². The number of esters is 1. The van der Waals surface area contributed by atoms with Crippen molar-refractivity contribution in [1.82, 2.24) is 5.01 Å². The molecule has 0 fully saturated rings. The number of nitrogens with zero attached hydrogens (tertiary/aromatic N) is 1. The molecule has 4 nitrogen and oxygen atoms in total. The van der Waals surface area contributed by atoms with Gasteiger partial charge in [0, 0.05) is 12.4 Å². The normalized spacial score (nSPS) is 12.4. The number of hydrazine groups is 1. The van der Waals surface area contributed by atoms with Crippen LogP contribution in [-0.2, 0) is 16.0 Å². The minimum absolute atomic E-state index is 0.181. The van der Waals surface area contributed by atoms with E-state index in [4.69, 9.17) is 33.8 Å². The highest BCUT2D eigenvalue weighted by Gasteiger charge is 2.25. The van der Waals surface area contributed by atoms with E-state index in [9.17, 15) is 4.79 Å². The van der Waals surface area contributed by atoms with Crippen molar-refractivity contribution in [3.63, 3.8) is 0 Å². The molecule has 1 aromatic rings. The van der Waals surface area contributed by atoms with Gasteiger partial charge in [-0.25, -0.2) is 5.01 Å². The Bertz CT molecular complexity index is 376. The van der Waals surface area contributed by atoms with Crippen LogP contribution in [0.1, 0.15) is 5.56 Å². The van der Waals surface area contributed by atoms with E-state index in [-0.39, 0.29) is 18.5 Å². The van der Waals surface area contributed by atoms with Gasteiger partial charge in [0.2, 0.25) is 0 Å². The maximum Gasteiger partial charge on any atom is 0.325 e. The third-order valence-electron chi connectivity index (χ3n) is 2.61. The Balaban J connectivity index is 2.71. The van der Waals surface area contributed by atoms with Crippen molar-refractivity contribution >= 4 is 29.2 Å². The first-order chi connectivity index (χ1) is 9.19. The second kappa shape index (κ2) is 9.15.